The third-order valence-electron chi connectivity index (χ3n) is 5.68. The zero-order chi connectivity index (χ0) is 22.5. The number of unbranched alkanes of at least 4 members (excludes halogenated alkanes) is 16. The first-order chi connectivity index (χ1) is 14.4. The van der Waals surface area contributed by atoms with Crippen molar-refractivity contribution in [3.05, 3.63) is 0 Å². The van der Waals surface area contributed by atoms with E-state index in [0.29, 0.717) is 6.42 Å². The van der Waals surface area contributed by atoms with Gasteiger partial charge in [0.15, 0.2) is 5.25 Å². The second-order valence-electron chi connectivity index (χ2n) is 8.62. The van der Waals surface area contributed by atoms with E-state index in [1.807, 2.05) is 0 Å². The van der Waals surface area contributed by atoms with Crippen LogP contribution in [-0.4, -0.2) is 30.8 Å². The summed E-state index contributed by atoms with van der Waals surface area (Å²) in [6.07, 6.45) is 20.7. The largest absolute Gasteiger partial charge is 0.465 e. The fraction of sp³-hybridized carbons (Fsp3) is 0.958. The molecule has 0 amide bonds. The van der Waals surface area contributed by atoms with Crippen LogP contribution in [0.4, 0.5) is 0 Å². The molecule has 0 aromatic heterocycles. The lowest BCUT2D eigenvalue weighted by Crippen LogP contribution is -2.32. The molecule has 0 saturated heterocycles. The number of hydrogen-bond donors (Lipinski definition) is 1. The molecule has 0 aliphatic heterocycles. The topological polar surface area (TPSA) is 80.7 Å². The molecule has 0 aliphatic carbocycles. The lowest BCUT2D eigenvalue weighted by molar-refractivity contribution is -0.143. The molecule has 0 bridgehead atoms. The Bertz CT molecular complexity index is 490. The van der Waals surface area contributed by atoms with Crippen molar-refractivity contribution in [1.82, 2.24) is 0 Å². The molecule has 0 spiro atoms. The predicted molar refractivity (Wildman–Crippen MR) is 125 cm³/mol. The predicted octanol–water partition coefficient (Wildman–Crippen LogP) is 7.24. The van der Waals surface area contributed by atoms with Crippen LogP contribution in [0.1, 0.15) is 136 Å². The fourth-order valence-corrected chi connectivity index (χ4v) is 4.48. The summed E-state index contributed by atoms with van der Waals surface area (Å²) in [5.41, 5.74) is 0. The maximum absolute atomic E-state index is 12.1. The van der Waals surface area contributed by atoms with Gasteiger partial charge in [0, 0.05) is 0 Å². The Kier molecular flexibility index (Phi) is 19.9. The van der Waals surface area contributed by atoms with Crippen molar-refractivity contribution in [2.45, 2.75) is 141 Å². The van der Waals surface area contributed by atoms with E-state index >= 15 is 0 Å². The third-order valence-corrected chi connectivity index (χ3v) is 6.83. The number of carbonyl (C=O) groups is 1. The van der Waals surface area contributed by atoms with Gasteiger partial charge in [-0.2, -0.15) is 8.42 Å². The molecule has 6 heteroatoms. The first-order valence-corrected chi connectivity index (χ1v) is 14.1. The van der Waals surface area contributed by atoms with Crippen molar-refractivity contribution in [2.24, 2.45) is 0 Å². The van der Waals surface area contributed by atoms with Gasteiger partial charge in [0.05, 0.1) is 6.61 Å². The molecular weight excluding hydrogens is 400 g/mol. The Morgan fingerprint density at radius 2 is 1.03 bits per heavy atom. The average molecular weight is 449 g/mol. The van der Waals surface area contributed by atoms with Crippen LogP contribution in [-0.2, 0) is 19.6 Å². The molecule has 0 aromatic carbocycles. The molecule has 5 nitrogen and oxygen atoms in total. The summed E-state index contributed by atoms with van der Waals surface area (Å²) in [5, 5.41) is -1.43. The Hall–Kier alpha value is -0.620. The van der Waals surface area contributed by atoms with Crippen molar-refractivity contribution < 1.29 is 22.5 Å². The highest BCUT2D eigenvalue weighted by atomic mass is 32.2. The molecule has 1 atom stereocenters. The highest BCUT2D eigenvalue weighted by Gasteiger charge is 2.31. The van der Waals surface area contributed by atoms with Crippen molar-refractivity contribution in [3.63, 3.8) is 0 Å². The minimum Gasteiger partial charge on any atom is -0.465 e. The van der Waals surface area contributed by atoms with Gasteiger partial charge in [-0.05, 0) is 12.8 Å². The molecule has 0 saturated carbocycles. The monoisotopic (exact) mass is 448 g/mol. The number of hydrogen-bond acceptors (Lipinski definition) is 4. The molecule has 1 N–H and O–H groups in total. The zero-order valence-corrected chi connectivity index (χ0v) is 20.5. The summed E-state index contributed by atoms with van der Waals surface area (Å²) in [6, 6.07) is 0. The van der Waals surface area contributed by atoms with Crippen molar-refractivity contribution in [3.8, 4) is 0 Å². The van der Waals surface area contributed by atoms with Crippen LogP contribution in [0, 0.1) is 0 Å². The summed E-state index contributed by atoms with van der Waals surface area (Å²) < 4.78 is 37.6. The summed E-state index contributed by atoms with van der Waals surface area (Å²) in [4.78, 5) is 12.1. The van der Waals surface area contributed by atoms with Crippen LogP contribution in [0.5, 0.6) is 0 Å². The van der Waals surface area contributed by atoms with Gasteiger partial charge in [0.25, 0.3) is 10.1 Å². The van der Waals surface area contributed by atoms with Gasteiger partial charge >= 0.3 is 5.97 Å². The van der Waals surface area contributed by atoms with E-state index in [0.717, 1.165) is 38.5 Å². The maximum atomic E-state index is 12.1. The first kappa shape index (κ1) is 29.4. The molecule has 30 heavy (non-hydrogen) atoms. The van der Waals surface area contributed by atoms with Crippen LogP contribution in [0.15, 0.2) is 0 Å². The van der Waals surface area contributed by atoms with Gasteiger partial charge in [-0.3, -0.25) is 9.35 Å². The Balaban J connectivity index is 3.81. The molecule has 0 radical (unpaired) electrons. The number of esters is 1. The van der Waals surface area contributed by atoms with E-state index in [-0.39, 0.29) is 13.0 Å². The van der Waals surface area contributed by atoms with E-state index in [4.69, 9.17) is 4.74 Å². The molecule has 0 aromatic rings. The van der Waals surface area contributed by atoms with Crippen LogP contribution >= 0.6 is 0 Å². The maximum Gasteiger partial charge on any atom is 0.326 e. The Morgan fingerprint density at radius 3 is 1.43 bits per heavy atom. The number of ether oxygens (including phenoxy) is 1. The first-order valence-electron chi connectivity index (χ1n) is 12.6. The minimum absolute atomic E-state index is 0.144. The smallest absolute Gasteiger partial charge is 0.326 e. The van der Waals surface area contributed by atoms with Crippen molar-refractivity contribution in [2.75, 3.05) is 6.61 Å². The summed E-state index contributed by atoms with van der Waals surface area (Å²) >= 11 is 0. The molecular formula is C24H48O5S. The van der Waals surface area contributed by atoms with Gasteiger partial charge in [0.1, 0.15) is 0 Å². The zero-order valence-electron chi connectivity index (χ0n) is 19.7. The van der Waals surface area contributed by atoms with Crippen LogP contribution in [0.2, 0.25) is 0 Å². The van der Waals surface area contributed by atoms with Crippen LogP contribution in [0.25, 0.3) is 0 Å². The second kappa shape index (κ2) is 20.3. The molecule has 0 aliphatic rings. The summed E-state index contributed by atoms with van der Waals surface area (Å²) in [7, 11) is -4.41. The standard InChI is InChI=1S/C24H48O5S/c1-3-5-7-9-11-12-13-14-15-16-17-19-21-23(30(26,27)28)24(25)29-22-20-18-10-8-6-4-2/h23H,3-22H2,1-2H3,(H,26,27,28). The van der Waals surface area contributed by atoms with Crippen LogP contribution < -0.4 is 0 Å². The van der Waals surface area contributed by atoms with E-state index in [2.05, 4.69) is 13.8 Å². The lowest BCUT2D eigenvalue weighted by Gasteiger charge is -2.13. The van der Waals surface area contributed by atoms with Gasteiger partial charge in [-0.1, -0.05) is 123 Å². The van der Waals surface area contributed by atoms with E-state index in [9.17, 15) is 17.8 Å². The molecule has 0 heterocycles. The fourth-order valence-electron chi connectivity index (χ4n) is 3.71. The molecule has 1 unspecified atom stereocenters. The summed E-state index contributed by atoms with van der Waals surface area (Å²) in [5.74, 6) is -0.797. The molecule has 180 valence electrons. The Labute approximate surface area is 186 Å². The second-order valence-corrected chi connectivity index (χ2v) is 10.2. The van der Waals surface area contributed by atoms with E-state index < -0.39 is 21.3 Å². The van der Waals surface area contributed by atoms with E-state index in [1.165, 1.54) is 70.6 Å². The minimum atomic E-state index is -4.41. The van der Waals surface area contributed by atoms with Crippen LogP contribution in [0.3, 0.4) is 0 Å². The molecule has 0 fully saturated rings. The number of carbonyl (C=O) groups excluding carboxylic acids is 1. The van der Waals surface area contributed by atoms with Gasteiger partial charge in [0.2, 0.25) is 0 Å². The highest BCUT2D eigenvalue weighted by Crippen LogP contribution is 2.16. The lowest BCUT2D eigenvalue weighted by atomic mass is 10.0. The van der Waals surface area contributed by atoms with Gasteiger partial charge < -0.3 is 4.74 Å². The SMILES string of the molecule is CCCCCCCCCCCCCCC(C(=O)OCCCCCCCC)S(=O)(=O)O. The van der Waals surface area contributed by atoms with Gasteiger partial charge in [-0.25, -0.2) is 0 Å². The van der Waals surface area contributed by atoms with Crippen molar-refractivity contribution >= 4 is 16.1 Å². The normalized spacial score (nSPS) is 12.8. The van der Waals surface area contributed by atoms with E-state index in [1.54, 1.807) is 0 Å². The highest BCUT2D eigenvalue weighted by molar-refractivity contribution is 7.87. The summed E-state index contributed by atoms with van der Waals surface area (Å²) in [6.45, 7) is 4.63. The third kappa shape index (κ3) is 18.2. The quantitative estimate of drug-likeness (QED) is 0.107. The van der Waals surface area contributed by atoms with Crippen molar-refractivity contribution in [1.29, 1.82) is 0 Å². The Morgan fingerprint density at radius 1 is 0.667 bits per heavy atom. The number of rotatable bonds is 22. The van der Waals surface area contributed by atoms with Gasteiger partial charge in [-0.15, -0.1) is 0 Å². The average Bonchev–Trinajstić information content (AvgIpc) is 2.69. The molecule has 0 rings (SSSR count).